The summed E-state index contributed by atoms with van der Waals surface area (Å²) in [5, 5.41) is 0. The molecule has 0 radical (unpaired) electrons. The second kappa shape index (κ2) is 5.46. The molecule has 0 aliphatic carbocycles. The fraction of sp³-hybridized carbons (Fsp3) is 0.571. The first kappa shape index (κ1) is 11.6. The number of hydrogen-bond acceptors (Lipinski definition) is 2. The molecular weight excluding hydrogens is 196 g/mol. The lowest BCUT2D eigenvalue weighted by molar-refractivity contribution is 0.329. The molecule has 2 nitrogen and oxygen atoms in total. The van der Waals surface area contributed by atoms with Gasteiger partial charge in [-0.05, 0) is 49.9 Å². The molecule has 1 aliphatic rings. The van der Waals surface area contributed by atoms with Gasteiger partial charge in [-0.25, -0.2) is 0 Å². The fourth-order valence-corrected chi connectivity index (χ4v) is 2.48. The van der Waals surface area contributed by atoms with Crippen LogP contribution in [0.15, 0.2) is 24.3 Å². The molecule has 1 heterocycles. The van der Waals surface area contributed by atoms with Gasteiger partial charge in [-0.2, -0.15) is 0 Å². The summed E-state index contributed by atoms with van der Waals surface area (Å²) in [6, 6.07) is 8.68. The van der Waals surface area contributed by atoms with Crippen LogP contribution in [0.5, 0.6) is 0 Å². The topological polar surface area (TPSA) is 29.3 Å². The normalized spacial score (nSPS) is 21.5. The highest BCUT2D eigenvalue weighted by Crippen LogP contribution is 2.16. The van der Waals surface area contributed by atoms with E-state index < -0.39 is 0 Å². The van der Waals surface area contributed by atoms with E-state index in [1.165, 1.54) is 43.6 Å². The Labute approximate surface area is 98.4 Å². The van der Waals surface area contributed by atoms with Crippen LogP contribution in [0.3, 0.4) is 0 Å². The predicted molar refractivity (Wildman–Crippen MR) is 68.5 cm³/mol. The zero-order valence-electron chi connectivity index (χ0n) is 10.2. The van der Waals surface area contributed by atoms with Crippen LogP contribution in [0.1, 0.15) is 17.5 Å². The van der Waals surface area contributed by atoms with E-state index >= 15 is 0 Å². The summed E-state index contributed by atoms with van der Waals surface area (Å²) in [5.41, 5.74) is 8.60. The molecule has 0 aromatic heterocycles. The van der Waals surface area contributed by atoms with E-state index in [0.29, 0.717) is 0 Å². The summed E-state index contributed by atoms with van der Waals surface area (Å²) in [6.07, 6.45) is 2.45. The Hall–Kier alpha value is -0.860. The zero-order valence-corrected chi connectivity index (χ0v) is 10.2. The van der Waals surface area contributed by atoms with Crippen molar-refractivity contribution in [1.82, 2.24) is 4.90 Å². The molecule has 88 valence electrons. The predicted octanol–water partition coefficient (Wildman–Crippen LogP) is 1.82. The van der Waals surface area contributed by atoms with Crippen LogP contribution in [0.25, 0.3) is 0 Å². The van der Waals surface area contributed by atoms with Crippen molar-refractivity contribution in [3.05, 3.63) is 35.4 Å². The Balaban J connectivity index is 1.82. The number of benzene rings is 1. The summed E-state index contributed by atoms with van der Waals surface area (Å²) in [6.45, 7) is 6.65. The van der Waals surface area contributed by atoms with Gasteiger partial charge >= 0.3 is 0 Å². The Morgan fingerprint density at radius 1 is 1.38 bits per heavy atom. The molecule has 0 bridgehead atoms. The van der Waals surface area contributed by atoms with Crippen molar-refractivity contribution in [3.63, 3.8) is 0 Å². The molecule has 1 saturated heterocycles. The van der Waals surface area contributed by atoms with Crippen molar-refractivity contribution in [1.29, 1.82) is 0 Å². The van der Waals surface area contributed by atoms with Crippen LogP contribution in [0, 0.1) is 12.8 Å². The van der Waals surface area contributed by atoms with Crippen molar-refractivity contribution >= 4 is 0 Å². The van der Waals surface area contributed by atoms with E-state index in [2.05, 4.69) is 36.1 Å². The molecule has 2 rings (SSSR count). The van der Waals surface area contributed by atoms with Crippen LogP contribution in [0.2, 0.25) is 0 Å². The minimum Gasteiger partial charge on any atom is -0.330 e. The lowest BCUT2D eigenvalue weighted by Crippen LogP contribution is -2.25. The van der Waals surface area contributed by atoms with Crippen molar-refractivity contribution < 1.29 is 0 Å². The van der Waals surface area contributed by atoms with Crippen molar-refractivity contribution in [2.24, 2.45) is 11.7 Å². The van der Waals surface area contributed by atoms with Gasteiger partial charge in [0, 0.05) is 13.1 Å². The van der Waals surface area contributed by atoms with Gasteiger partial charge in [-0.1, -0.05) is 24.3 Å². The van der Waals surface area contributed by atoms with Gasteiger partial charge in [-0.15, -0.1) is 0 Å². The standard InChI is InChI=1S/C14H22N2/c1-12-4-2-3-5-14(12)7-9-16-8-6-13(10-15)11-16/h2-5,13H,6-11,15H2,1H3. The third kappa shape index (κ3) is 2.83. The van der Waals surface area contributed by atoms with Crippen molar-refractivity contribution in [2.75, 3.05) is 26.2 Å². The van der Waals surface area contributed by atoms with Crippen LogP contribution in [-0.4, -0.2) is 31.1 Å². The SMILES string of the molecule is Cc1ccccc1CCN1CCC(CN)C1. The van der Waals surface area contributed by atoms with Crippen LogP contribution in [0.4, 0.5) is 0 Å². The minimum absolute atomic E-state index is 0.733. The summed E-state index contributed by atoms with van der Waals surface area (Å²) < 4.78 is 0. The number of likely N-dealkylation sites (tertiary alicyclic amines) is 1. The van der Waals surface area contributed by atoms with Crippen LogP contribution >= 0.6 is 0 Å². The minimum atomic E-state index is 0.733. The second-order valence-electron chi connectivity index (χ2n) is 4.87. The third-order valence-corrected chi connectivity index (χ3v) is 3.66. The van der Waals surface area contributed by atoms with E-state index in [9.17, 15) is 0 Å². The maximum absolute atomic E-state index is 5.70. The molecule has 2 heteroatoms. The Morgan fingerprint density at radius 3 is 2.88 bits per heavy atom. The average molecular weight is 218 g/mol. The van der Waals surface area contributed by atoms with E-state index in [1.54, 1.807) is 0 Å². The molecule has 1 aromatic rings. The maximum Gasteiger partial charge on any atom is 0.00223 e. The zero-order chi connectivity index (χ0) is 11.4. The quantitative estimate of drug-likeness (QED) is 0.835. The molecule has 1 unspecified atom stereocenters. The number of rotatable bonds is 4. The Morgan fingerprint density at radius 2 is 2.19 bits per heavy atom. The molecule has 2 N–H and O–H groups in total. The smallest absolute Gasteiger partial charge is 0.00223 e. The van der Waals surface area contributed by atoms with Crippen molar-refractivity contribution in [3.8, 4) is 0 Å². The highest BCUT2D eigenvalue weighted by atomic mass is 15.1. The number of aryl methyl sites for hydroxylation is 1. The van der Waals surface area contributed by atoms with E-state index in [-0.39, 0.29) is 0 Å². The molecular formula is C14H22N2. The van der Waals surface area contributed by atoms with Crippen LogP contribution < -0.4 is 5.73 Å². The largest absolute Gasteiger partial charge is 0.330 e. The van der Waals surface area contributed by atoms with Gasteiger partial charge in [-0.3, -0.25) is 0 Å². The molecule has 1 fully saturated rings. The number of hydrogen-bond donors (Lipinski definition) is 1. The third-order valence-electron chi connectivity index (χ3n) is 3.66. The monoisotopic (exact) mass is 218 g/mol. The van der Waals surface area contributed by atoms with Gasteiger partial charge < -0.3 is 10.6 Å². The Kier molecular flexibility index (Phi) is 3.97. The second-order valence-corrected chi connectivity index (χ2v) is 4.87. The van der Waals surface area contributed by atoms with E-state index in [0.717, 1.165) is 12.5 Å². The molecule has 0 spiro atoms. The van der Waals surface area contributed by atoms with Gasteiger partial charge in [0.05, 0.1) is 0 Å². The number of nitrogens with zero attached hydrogens (tertiary/aromatic N) is 1. The highest BCUT2D eigenvalue weighted by Gasteiger charge is 2.20. The van der Waals surface area contributed by atoms with E-state index in [1.807, 2.05) is 0 Å². The summed E-state index contributed by atoms with van der Waals surface area (Å²) >= 11 is 0. The summed E-state index contributed by atoms with van der Waals surface area (Å²) in [5.74, 6) is 0.733. The van der Waals surface area contributed by atoms with Crippen molar-refractivity contribution in [2.45, 2.75) is 19.8 Å². The lowest BCUT2D eigenvalue weighted by Gasteiger charge is -2.16. The molecule has 0 saturated carbocycles. The molecule has 1 aliphatic heterocycles. The number of nitrogens with two attached hydrogens (primary N) is 1. The molecule has 0 amide bonds. The maximum atomic E-state index is 5.70. The average Bonchev–Trinajstić information content (AvgIpc) is 2.76. The van der Waals surface area contributed by atoms with E-state index in [4.69, 9.17) is 5.73 Å². The van der Waals surface area contributed by atoms with Crippen LogP contribution in [-0.2, 0) is 6.42 Å². The highest BCUT2D eigenvalue weighted by molar-refractivity contribution is 5.25. The summed E-state index contributed by atoms with van der Waals surface area (Å²) in [7, 11) is 0. The van der Waals surface area contributed by atoms with Gasteiger partial charge in [0.2, 0.25) is 0 Å². The molecule has 1 atom stereocenters. The Bertz CT molecular complexity index is 335. The first-order valence-corrected chi connectivity index (χ1v) is 6.26. The first-order chi connectivity index (χ1) is 7.79. The first-order valence-electron chi connectivity index (χ1n) is 6.26. The lowest BCUT2D eigenvalue weighted by atomic mass is 10.1. The molecule has 16 heavy (non-hydrogen) atoms. The molecule has 1 aromatic carbocycles. The van der Waals surface area contributed by atoms with Gasteiger partial charge in [0.1, 0.15) is 0 Å². The van der Waals surface area contributed by atoms with Gasteiger partial charge in [0.25, 0.3) is 0 Å². The fourth-order valence-electron chi connectivity index (χ4n) is 2.48. The summed E-state index contributed by atoms with van der Waals surface area (Å²) in [4.78, 5) is 2.55. The van der Waals surface area contributed by atoms with Gasteiger partial charge in [0.15, 0.2) is 0 Å².